The Labute approximate surface area is 262 Å². The van der Waals surface area contributed by atoms with Gasteiger partial charge in [-0.15, -0.1) is 0 Å². The number of carbonyl (C=O) groups is 2. The van der Waals surface area contributed by atoms with Gasteiger partial charge in [-0.2, -0.15) is 0 Å². The summed E-state index contributed by atoms with van der Waals surface area (Å²) in [5.74, 6) is 3.62. The number of Topliss-reactive ketones (excluding diaryl/α,β-unsaturated/α-hetero) is 1. The van der Waals surface area contributed by atoms with Gasteiger partial charge >= 0.3 is 5.97 Å². The number of aryl methyl sites for hydroxylation is 2. The minimum Gasteiger partial charge on any atom is -0.461 e. The molecule has 3 heterocycles. The molecule has 4 aromatic rings. The normalized spacial score (nSPS) is 18.2. The highest BCUT2D eigenvalue weighted by Gasteiger charge is 2.27. The summed E-state index contributed by atoms with van der Waals surface area (Å²) in [5.41, 5.74) is 6.85. The number of fused-ring (bicyclic) bond motifs is 3. The molecular weight excluding hydrogens is 546 g/mol. The fourth-order valence-electron chi connectivity index (χ4n) is 7.55. The van der Waals surface area contributed by atoms with E-state index in [9.17, 15) is 9.59 Å². The molecule has 1 saturated carbocycles. The van der Waals surface area contributed by atoms with Crippen molar-refractivity contribution in [2.45, 2.75) is 105 Å². The highest BCUT2D eigenvalue weighted by Crippen LogP contribution is 2.38. The predicted molar refractivity (Wildman–Crippen MR) is 176 cm³/mol. The van der Waals surface area contributed by atoms with Crippen LogP contribution in [0.1, 0.15) is 110 Å². The summed E-state index contributed by atoms with van der Waals surface area (Å²) in [5, 5.41) is 1.25. The van der Waals surface area contributed by atoms with Crippen LogP contribution in [0.4, 0.5) is 0 Å². The van der Waals surface area contributed by atoms with E-state index in [0.717, 1.165) is 66.4 Å². The zero-order valence-electron chi connectivity index (χ0n) is 26.7. The first kappa shape index (κ1) is 30.4. The van der Waals surface area contributed by atoms with Crippen molar-refractivity contribution >= 4 is 22.7 Å². The fourth-order valence-corrected chi connectivity index (χ4v) is 7.55. The molecule has 0 radical (unpaired) electrons. The van der Waals surface area contributed by atoms with Crippen LogP contribution in [-0.4, -0.2) is 16.3 Å². The third-order valence-corrected chi connectivity index (χ3v) is 10.2. The Morgan fingerprint density at radius 3 is 2.52 bits per heavy atom. The average molecular weight is 594 g/mol. The highest BCUT2D eigenvalue weighted by atomic mass is 16.5. The Hall–Kier alpha value is -3.60. The molecular formula is C39H47NO4. The lowest BCUT2D eigenvalue weighted by molar-refractivity contribution is -0.146. The highest BCUT2D eigenvalue weighted by molar-refractivity contribution is 6.01. The van der Waals surface area contributed by atoms with E-state index in [4.69, 9.17) is 9.15 Å². The Morgan fingerprint density at radius 2 is 1.75 bits per heavy atom. The van der Waals surface area contributed by atoms with E-state index in [-0.39, 0.29) is 18.4 Å². The molecule has 5 heteroatoms. The largest absolute Gasteiger partial charge is 0.461 e. The first-order chi connectivity index (χ1) is 21.4. The number of esters is 1. The van der Waals surface area contributed by atoms with Crippen molar-refractivity contribution in [3.05, 3.63) is 82.7 Å². The van der Waals surface area contributed by atoms with Crippen molar-refractivity contribution in [2.75, 3.05) is 0 Å². The summed E-state index contributed by atoms with van der Waals surface area (Å²) < 4.78 is 13.9. The van der Waals surface area contributed by atoms with Crippen LogP contribution in [0, 0.1) is 31.6 Å². The summed E-state index contributed by atoms with van der Waals surface area (Å²) >= 11 is 0. The Balaban J connectivity index is 0.907. The van der Waals surface area contributed by atoms with Gasteiger partial charge in [0.25, 0.3) is 0 Å². The van der Waals surface area contributed by atoms with E-state index in [1.54, 1.807) is 0 Å². The van der Waals surface area contributed by atoms with Gasteiger partial charge in [0.2, 0.25) is 0 Å². The number of hydrogen-bond acceptors (Lipinski definition) is 4. The molecule has 2 aromatic heterocycles. The molecule has 44 heavy (non-hydrogen) atoms. The summed E-state index contributed by atoms with van der Waals surface area (Å²) in [4.78, 5) is 25.7. The molecule has 0 saturated heterocycles. The van der Waals surface area contributed by atoms with Crippen molar-refractivity contribution < 1.29 is 18.7 Å². The van der Waals surface area contributed by atoms with Crippen LogP contribution in [-0.2, 0) is 22.7 Å². The predicted octanol–water partition coefficient (Wildman–Crippen LogP) is 9.98. The van der Waals surface area contributed by atoms with Crippen molar-refractivity contribution in [2.24, 2.45) is 17.8 Å². The molecule has 1 fully saturated rings. The summed E-state index contributed by atoms with van der Waals surface area (Å²) in [7, 11) is 0. The molecule has 1 atom stereocenters. The quantitative estimate of drug-likeness (QED) is 0.0949. The Kier molecular flexibility index (Phi) is 9.39. The van der Waals surface area contributed by atoms with E-state index < -0.39 is 0 Å². The SMILES string of the molecule is CCCC(CCCC(=O)c1ccc2c(c1)c(C)c1n2C1)CC1CCC(CC(=O)OCc2cc(-c3ccccc3)oc2C)CC1. The van der Waals surface area contributed by atoms with E-state index in [2.05, 4.69) is 30.5 Å². The van der Waals surface area contributed by atoms with Gasteiger partial charge in [0.15, 0.2) is 5.78 Å². The van der Waals surface area contributed by atoms with E-state index >= 15 is 0 Å². The van der Waals surface area contributed by atoms with Crippen molar-refractivity contribution in [3.63, 3.8) is 0 Å². The molecule has 1 aliphatic heterocycles. The monoisotopic (exact) mass is 593 g/mol. The van der Waals surface area contributed by atoms with E-state index in [1.807, 2.05) is 49.4 Å². The molecule has 2 aromatic carbocycles. The van der Waals surface area contributed by atoms with Crippen LogP contribution in [0.15, 0.2) is 59.0 Å². The number of ketones is 1. The second kappa shape index (κ2) is 13.6. The molecule has 0 bridgehead atoms. The number of benzene rings is 2. The van der Waals surface area contributed by atoms with Gasteiger partial charge in [-0.3, -0.25) is 9.59 Å². The standard InChI is InChI=1S/C39H47NO4/c1-4-9-28(10-8-13-37(41)32-18-19-35-34(22-32)26(2)36-24-40(35)36)20-29-14-16-30(17-15-29)21-39(42)43-25-33-23-38(44-27(33)3)31-11-6-5-7-12-31/h5-7,11-12,18-19,22-23,28-30H,4,8-10,13-17,20-21,24-25H2,1-3H3. The minimum atomic E-state index is -0.103. The lowest BCUT2D eigenvalue weighted by Crippen LogP contribution is -2.20. The molecule has 232 valence electrons. The Bertz CT molecular complexity index is 1600. The van der Waals surface area contributed by atoms with Gasteiger partial charge < -0.3 is 13.7 Å². The maximum atomic E-state index is 13.0. The third kappa shape index (κ3) is 7.03. The molecule has 0 N–H and O–H groups in total. The number of furan rings is 1. The lowest BCUT2D eigenvalue weighted by atomic mass is 9.75. The average Bonchev–Trinajstić information content (AvgIpc) is 3.68. The van der Waals surface area contributed by atoms with Gasteiger partial charge in [0.1, 0.15) is 18.1 Å². The molecule has 2 aliphatic rings. The van der Waals surface area contributed by atoms with Gasteiger partial charge in [-0.05, 0) is 87.1 Å². The van der Waals surface area contributed by atoms with Crippen LogP contribution in [0.25, 0.3) is 22.2 Å². The first-order valence-corrected chi connectivity index (χ1v) is 16.8. The van der Waals surface area contributed by atoms with Crippen molar-refractivity contribution in [1.82, 2.24) is 4.57 Å². The number of carbonyl (C=O) groups excluding carboxylic acids is 2. The molecule has 6 rings (SSSR count). The van der Waals surface area contributed by atoms with E-state index in [0.29, 0.717) is 24.7 Å². The molecule has 1 aliphatic carbocycles. The number of hydrogen-bond donors (Lipinski definition) is 0. The third-order valence-electron chi connectivity index (χ3n) is 10.2. The summed E-state index contributed by atoms with van der Waals surface area (Å²) in [6.07, 6.45) is 11.5. The summed E-state index contributed by atoms with van der Waals surface area (Å²) in [6.45, 7) is 7.70. The zero-order chi connectivity index (χ0) is 30.6. The van der Waals surface area contributed by atoms with Gasteiger partial charge in [-0.25, -0.2) is 0 Å². The zero-order valence-corrected chi connectivity index (χ0v) is 26.7. The van der Waals surface area contributed by atoms with Crippen molar-refractivity contribution in [1.29, 1.82) is 0 Å². The topological polar surface area (TPSA) is 61.4 Å². The smallest absolute Gasteiger partial charge is 0.306 e. The van der Waals surface area contributed by atoms with Crippen molar-refractivity contribution in [3.8, 4) is 11.3 Å². The molecule has 0 spiro atoms. The second-order valence-corrected chi connectivity index (χ2v) is 13.4. The number of aromatic nitrogens is 1. The van der Waals surface area contributed by atoms with Crippen LogP contribution >= 0.6 is 0 Å². The van der Waals surface area contributed by atoms with Gasteiger partial charge in [-0.1, -0.05) is 69.4 Å². The van der Waals surface area contributed by atoms with Crippen LogP contribution in [0.2, 0.25) is 0 Å². The van der Waals surface area contributed by atoms with Crippen LogP contribution < -0.4 is 0 Å². The number of nitrogens with zero attached hydrogens (tertiary/aromatic N) is 1. The maximum Gasteiger partial charge on any atom is 0.306 e. The molecule has 1 unspecified atom stereocenters. The van der Waals surface area contributed by atoms with E-state index in [1.165, 1.54) is 54.3 Å². The first-order valence-electron chi connectivity index (χ1n) is 16.8. The lowest BCUT2D eigenvalue weighted by Gasteiger charge is -2.30. The second-order valence-electron chi connectivity index (χ2n) is 13.4. The number of ether oxygens (including phenoxy) is 1. The molecule has 0 amide bonds. The Morgan fingerprint density at radius 1 is 0.977 bits per heavy atom. The summed E-state index contributed by atoms with van der Waals surface area (Å²) in [6, 6.07) is 18.3. The number of rotatable bonds is 14. The van der Waals surface area contributed by atoms with Crippen LogP contribution in [0.5, 0.6) is 0 Å². The maximum absolute atomic E-state index is 13.0. The van der Waals surface area contributed by atoms with Gasteiger partial charge in [0.05, 0.1) is 6.54 Å². The minimum absolute atomic E-state index is 0.103. The van der Waals surface area contributed by atoms with Gasteiger partial charge in [0, 0.05) is 46.1 Å². The molecule has 5 nitrogen and oxygen atoms in total. The van der Waals surface area contributed by atoms with Crippen LogP contribution in [0.3, 0.4) is 0 Å². The fraction of sp³-hybridized carbons (Fsp3) is 0.487.